The molecular weight excluding hydrogens is 282 g/mol. The average molecular weight is 309 g/mol. The second-order valence-electron chi connectivity index (χ2n) is 4.74. The van der Waals surface area contributed by atoms with Gasteiger partial charge in [0.1, 0.15) is 18.7 Å². The molecule has 0 aliphatic carbocycles. The van der Waals surface area contributed by atoms with Gasteiger partial charge in [-0.3, -0.25) is 9.48 Å². The molecule has 0 saturated heterocycles. The van der Waals surface area contributed by atoms with Crippen molar-refractivity contribution in [2.45, 2.75) is 33.7 Å². The fourth-order valence-corrected chi connectivity index (χ4v) is 1.98. The van der Waals surface area contributed by atoms with E-state index < -0.39 is 0 Å². The lowest BCUT2D eigenvalue weighted by atomic mass is 10.3. The van der Waals surface area contributed by atoms with Crippen LogP contribution >= 0.6 is 0 Å². The highest BCUT2D eigenvalue weighted by Gasteiger charge is 2.09. The normalized spacial score (nSPS) is 11.4. The Balaban J connectivity index is 2.47. The summed E-state index contributed by atoms with van der Waals surface area (Å²) >= 11 is 0. The molecule has 0 spiro atoms. The van der Waals surface area contributed by atoms with Crippen LogP contribution in [0.4, 0.5) is 0 Å². The molecule has 8 nitrogen and oxygen atoms in total. The molecule has 0 bridgehead atoms. The van der Waals surface area contributed by atoms with Gasteiger partial charge in [-0.25, -0.2) is 9.98 Å². The van der Waals surface area contributed by atoms with Gasteiger partial charge in [-0.1, -0.05) is 0 Å². The van der Waals surface area contributed by atoms with E-state index in [2.05, 4.69) is 25.7 Å². The van der Waals surface area contributed by atoms with Gasteiger partial charge in [-0.15, -0.1) is 0 Å². The first kappa shape index (κ1) is 17.9. The van der Waals surface area contributed by atoms with E-state index in [-0.39, 0.29) is 5.91 Å². The standard InChI is InChI=1S/C14H27N7O/c1-5-15-14(17-10-12-18-11-19-20(12)4)16-9-8-13(22)21(6-2)7-3/h11H,5-10H2,1-4H3,(H2,15,16,17). The minimum Gasteiger partial charge on any atom is -0.357 e. The summed E-state index contributed by atoms with van der Waals surface area (Å²) in [5.74, 6) is 1.62. The summed E-state index contributed by atoms with van der Waals surface area (Å²) in [6.45, 7) is 9.22. The Labute approximate surface area is 132 Å². The van der Waals surface area contributed by atoms with Crippen molar-refractivity contribution in [1.29, 1.82) is 0 Å². The van der Waals surface area contributed by atoms with Crippen LogP contribution in [0.3, 0.4) is 0 Å². The first-order chi connectivity index (χ1) is 10.6. The Morgan fingerprint density at radius 1 is 1.32 bits per heavy atom. The van der Waals surface area contributed by atoms with E-state index in [1.165, 1.54) is 6.33 Å². The van der Waals surface area contributed by atoms with Crippen LogP contribution in [0, 0.1) is 0 Å². The number of nitrogens with zero attached hydrogens (tertiary/aromatic N) is 5. The summed E-state index contributed by atoms with van der Waals surface area (Å²) in [7, 11) is 1.83. The van der Waals surface area contributed by atoms with Gasteiger partial charge in [0.2, 0.25) is 5.91 Å². The van der Waals surface area contributed by atoms with Gasteiger partial charge in [-0.2, -0.15) is 5.10 Å². The van der Waals surface area contributed by atoms with Crippen molar-refractivity contribution >= 4 is 11.9 Å². The van der Waals surface area contributed by atoms with E-state index in [9.17, 15) is 4.79 Å². The van der Waals surface area contributed by atoms with E-state index in [1.54, 1.807) is 4.68 Å². The summed E-state index contributed by atoms with van der Waals surface area (Å²) in [6, 6.07) is 0. The molecule has 22 heavy (non-hydrogen) atoms. The van der Waals surface area contributed by atoms with Crippen LogP contribution in [0.1, 0.15) is 33.0 Å². The summed E-state index contributed by atoms with van der Waals surface area (Å²) in [5.41, 5.74) is 0. The number of aliphatic imine (C=N–C) groups is 1. The first-order valence-corrected chi connectivity index (χ1v) is 7.75. The first-order valence-electron chi connectivity index (χ1n) is 7.75. The molecule has 0 aliphatic heterocycles. The number of carbonyl (C=O) groups excluding carboxylic acids is 1. The summed E-state index contributed by atoms with van der Waals surface area (Å²) < 4.78 is 1.69. The molecule has 1 aromatic rings. The zero-order valence-electron chi connectivity index (χ0n) is 14.0. The largest absolute Gasteiger partial charge is 0.357 e. The molecule has 1 heterocycles. The fourth-order valence-electron chi connectivity index (χ4n) is 1.98. The van der Waals surface area contributed by atoms with Crippen molar-refractivity contribution in [3.8, 4) is 0 Å². The summed E-state index contributed by atoms with van der Waals surface area (Å²) in [6.07, 6.45) is 1.96. The molecule has 0 radical (unpaired) electrons. The minimum atomic E-state index is 0.154. The molecule has 0 aliphatic rings. The third-order valence-electron chi connectivity index (χ3n) is 3.28. The highest BCUT2D eigenvalue weighted by molar-refractivity contribution is 5.81. The van der Waals surface area contributed by atoms with Gasteiger partial charge in [0.15, 0.2) is 5.96 Å². The number of nitrogens with one attached hydrogen (secondary N) is 2. The van der Waals surface area contributed by atoms with E-state index in [0.29, 0.717) is 25.5 Å². The van der Waals surface area contributed by atoms with Crippen molar-refractivity contribution in [3.63, 3.8) is 0 Å². The molecule has 1 aromatic heterocycles. The Morgan fingerprint density at radius 2 is 2.05 bits per heavy atom. The molecule has 0 unspecified atom stereocenters. The number of amides is 1. The summed E-state index contributed by atoms with van der Waals surface area (Å²) in [4.78, 5) is 22.3. The van der Waals surface area contributed by atoms with Gasteiger partial charge in [0.05, 0.1) is 0 Å². The molecule has 0 atom stereocenters. The number of aromatic nitrogens is 3. The van der Waals surface area contributed by atoms with Crippen LogP contribution in [0.25, 0.3) is 0 Å². The smallest absolute Gasteiger partial charge is 0.224 e. The molecule has 124 valence electrons. The van der Waals surface area contributed by atoms with Gasteiger partial charge in [-0.05, 0) is 20.8 Å². The van der Waals surface area contributed by atoms with Crippen LogP contribution in [0.2, 0.25) is 0 Å². The Kier molecular flexibility index (Phi) is 7.95. The van der Waals surface area contributed by atoms with Crippen LogP contribution in [0.15, 0.2) is 11.3 Å². The number of carbonyl (C=O) groups is 1. The zero-order chi connectivity index (χ0) is 16.4. The molecule has 1 amide bonds. The van der Waals surface area contributed by atoms with E-state index in [4.69, 9.17) is 0 Å². The maximum Gasteiger partial charge on any atom is 0.224 e. The third-order valence-corrected chi connectivity index (χ3v) is 3.28. The van der Waals surface area contributed by atoms with Crippen molar-refractivity contribution in [2.75, 3.05) is 26.2 Å². The van der Waals surface area contributed by atoms with Crippen molar-refractivity contribution in [2.24, 2.45) is 12.0 Å². The molecule has 0 saturated carbocycles. The molecular formula is C14H27N7O. The molecule has 0 fully saturated rings. The van der Waals surface area contributed by atoms with Crippen LogP contribution in [-0.4, -0.2) is 57.7 Å². The van der Waals surface area contributed by atoms with Crippen LogP contribution in [-0.2, 0) is 18.4 Å². The predicted molar refractivity (Wildman–Crippen MR) is 86.4 cm³/mol. The van der Waals surface area contributed by atoms with Gasteiger partial charge in [0.25, 0.3) is 0 Å². The van der Waals surface area contributed by atoms with Crippen LogP contribution < -0.4 is 10.6 Å². The second-order valence-corrected chi connectivity index (χ2v) is 4.74. The number of aryl methyl sites for hydroxylation is 1. The SMILES string of the molecule is CCNC(=NCc1ncnn1C)NCCC(=O)N(CC)CC. The van der Waals surface area contributed by atoms with E-state index in [0.717, 1.165) is 25.5 Å². The van der Waals surface area contributed by atoms with Crippen molar-refractivity contribution in [1.82, 2.24) is 30.3 Å². The highest BCUT2D eigenvalue weighted by atomic mass is 16.2. The van der Waals surface area contributed by atoms with Gasteiger partial charge < -0.3 is 15.5 Å². The fraction of sp³-hybridized carbons (Fsp3) is 0.714. The van der Waals surface area contributed by atoms with Crippen LogP contribution in [0.5, 0.6) is 0 Å². The number of hydrogen-bond donors (Lipinski definition) is 2. The summed E-state index contributed by atoms with van der Waals surface area (Å²) in [5, 5.41) is 10.3. The maximum absolute atomic E-state index is 11.9. The van der Waals surface area contributed by atoms with E-state index in [1.807, 2.05) is 32.7 Å². The van der Waals surface area contributed by atoms with Gasteiger partial charge >= 0.3 is 0 Å². The lowest BCUT2D eigenvalue weighted by Crippen LogP contribution is -2.40. The Hall–Kier alpha value is -2.12. The molecule has 1 rings (SSSR count). The number of rotatable bonds is 8. The average Bonchev–Trinajstić information content (AvgIpc) is 2.91. The third kappa shape index (κ3) is 5.71. The lowest BCUT2D eigenvalue weighted by Gasteiger charge is -2.19. The second kappa shape index (κ2) is 9.75. The monoisotopic (exact) mass is 309 g/mol. The topological polar surface area (TPSA) is 87.4 Å². The molecule has 8 heteroatoms. The predicted octanol–water partition coefficient (Wildman–Crippen LogP) is 0.129. The maximum atomic E-state index is 11.9. The zero-order valence-corrected chi connectivity index (χ0v) is 14.0. The van der Waals surface area contributed by atoms with E-state index >= 15 is 0 Å². The molecule has 2 N–H and O–H groups in total. The van der Waals surface area contributed by atoms with Crippen molar-refractivity contribution in [3.05, 3.63) is 12.2 Å². The Morgan fingerprint density at radius 3 is 2.59 bits per heavy atom. The minimum absolute atomic E-state index is 0.154. The van der Waals surface area contributed by atoms with Gasteiger partial charge in [0, 0.05) is 39.6 Å². The number of hydrogen-bond acceptors (Lipinski definition) is 4. The van der Waals surface area contributed by atoms with Crippen molar-refractivity contribution < 1.29 is 4.79 Å². The Bertz CT molecular complexity index is 479. The number of guanidine groups is 1. The lowest BCUT2D eigenvalue weighted by molar-refractivity contribution is -0.130. The highest BCUT2D eigenvalue weighted by Crippen LogP contribution is 1.95. The quantitative estimate of drug-likeness (QED) is 0.526. The molecule has 0 aromatic carbocycles.